The first kappa shape index (κ1) is 13.6. The van der Waals surface area contributed by atoms with Gasteiger partial charge in [-0.2, -0.15) is 5.10 Å². The normalized spacial score (nSPS) is 27.7. The molecule has 2 bridgehead atoms. The number of fused-ring (bicyclic) bond motifs is 2. The zero-order valence-electron chi connectivity index (χ0n) is 11.8. The van der Waals surface area contributed by atoms with E-state index in [4.69, 9.17) is 0 Å². The molecule has 0 spiro atoms. The highest BCUT2D eigenvalue weighted by molar-refractivity contribution is 9.10. The molecule has 0 saturated carbocycles. The van der Waals surface area contributed by atoms with Crippen LogP contribution in [0.25, 0.3) is 0 Å². The number of nitrogens with one attached hydrogen (secondary N) is 1. The largest absolute Gasteiger partial charge is 0.310 e. The van der Waals surface area contributed by atoms with Crippen LogP contribution in [0, 0.1) is 0 Å². The molecule has 106 valence electrons. The summed E-state index contributed by atoms with van der Waals surface area (Å²) in [6, 6.07) is 1.46. The summed E-state index contributed by atoms with van der Waals surface area (Å²) in [6.45, 7) is 5.55. The summed E-state index contributed by atoms with van der Waals surface area (Å²) in [6.07, 6.45) is 4.98. The smallest absolute Gasteiger partial charge is 0.0767 e. The minimum Gasteiger partial charge on any atom is -0.310 e. The maximum atomic E-state index is 4.59. The van der Waals surface area contributed by atoms with E-state index in [0.29, 0.717) is 6.04 Å². The average molecular weight is 327 g/mol. The maximum absolute atomic E-state index is 4.59. The average Bonchev–Trinajstić information content (AvgIpc) is 2.85. The number of hydrogen-bond acceptors (Lipinski definition) is 3. The van der Waals surface area contributed by atoms with Crippen molar-refractivity contribution in [3.8, 4) is 0 Å². The van der Waals surface area contributed by atoms with Gasteiger partial charge in [0.15, 0.2) is 0 Å². The van der Waals surface area contributed by atoms with E-state index in [2.05, 4.69) is 45.2 Å². The van der Waals surface area contributed by atoms with E-state index in [1.165, 1.54) is 48.2 Å². The molecular weight excluding hydrogens is 304 g/mol. The summed E-state index contributed by atoms with van der Waals surface area (Å²) < 4.78 is 3.25. The number of nitrogens with zero attached hydrogens (tertiary/aromatic N) is 3. The lowest BCUT2D eigenvalue weighted by atomic mass is 10.1. The van der Waals surface area contributed by atoms with E-state index in [0.717, 1.165) is 19.0 Å². The highest BCUT2D eigenvalue weighted by Gasteiger charge is 2.29. The molecular formula is C14H23BrN4. The predicted octanol–water partition coefficient (Wildman–Crippen LogP) is 2.07. The van der Waals surface area contributed by atoms with E-state index in [1.54, 1.807) is 0 Å². The van der Waals surface area contributed by atoms with Gasteiger partial charge in [-0.25, -0.2) is 0 Å². The summed E-state index contributed by atoms with van der Waals surface area (Å²) in [5.41, 5.74) is 2.49. The number of likely N-dealkylation sites (tertiary alicyclic amines) is 1. The number of hydrogen-bond donors (Lipinski definition) is 1. The van der Waals surface area contributed by atoms with E-state index in [1.807, 2.05) is 4.68 Å². The van der Waals surface area contributed by atoms with Crippen molar-refractivity contribution >= 4 is 15.9 Å². The molecule has 1 aromatic rings. The highest BCUT2D eigenvalue weighted by atomic mass is 79.9. The standard InChI is InChI=1S/C14H23BrN4/c1-3-12-14(15)13(18(2)17-12)9-19-7-6-10-4-5-11(8-19)16-10/h10-11,16H,3-9H2,1-2H3. The van der Waals surface area contributed by atoms with Crippen molar-refractivity contribution in [1.29, 1.82) is 0 Å². The fraction of sp³-hybridized carbons (Fsp3) is 0.786. The molecule has 0 amide bonds. The van der Waals surface area contributed by atoms with Gasteiger partial charge in [-0.15, -0.1) is 0 Å². The van der Waals surface area contributed by atoms with Gasteiger partial charge in [0.1, 0.15) is 0 Å². The monoisotopic (exact) mass is 326 g/mol. The molecule has 4 nitrogen and oxygen atoms in total. The van der Waals surface area contributed by atoms with Gasteiger partial charge < -0.3 is 5.32 Å². The van der Waals surface area contributed by atoms with Crippen molar-refractivity contribution in [3.63, 3.8) is 0 Å². The van der Waals surface area contributed by atoms with Crippen molar-refractivity contribution in [1.82, 2.24) is 20.0 Å². The highest BCUT2D eigenvalue weighted by Crippen LogP contribution is 2.25. The zero-order chi connectivity index (χ0) is 13.4. The van der Waals surface area contributed by atoms with Crippen molar-refractivity contribution in [2.75, 3.05) is 13.1 Å². The molecule has 3 heterocycles. The summed E-state index contributed by atoms with van der Waals surface area (Å²) in [7, 11) is 2.06. The van der Waals surface area contributed by atoms with Crippen LogP contribution >= 0.6 is 15.9 Å². The number of aryl methyl sites for hydroxylation is 2. The molecule has 2 unspecified atom stereocenters. The van der Waals surface area contributed by atoms with Gasteiger partial charge in [-0.3, -0.25) is 9.58 Å². The quantitative estimate of drug-likeness (QED) is 0.923. The SMILES string of the molecule is CCc1nn(C)c(CN2CCC3CCC(C2)N3)c1Br. The van der Waals surface area contributed by atoms with E-state index >= 15 is 0 Å². The molecule has 2 saturated heterocycles. The van der Waals surface area contributed by atoms with Crippen LogP contribution in [0.3, 0.4) is 0 Å². The van der Waals surface area contributed by atoms with Crippen LogP contribution in [0.15, 0.2) is 4.47 Å². The lowest BCUT2D eigenvalue weighted by Gasteiger charge is -2.24. The van der Waals surface area contributed by atoms with Crippen LogP contribution in [-0.4, -0.2) is 39.9 Å². The molecule has 2 atom stereocenters. The zero-order valence-corrected chi connectivity index (χ0v) is 13.4. The van der Waals surface area contributed by atoms with Crippen LogP contribution in [0.1, 0.15) is 37.6 Å². The van der Waals surface area contributed by atoms with Gasteiger partial charge in [0.2, 0.25) is 0 Å². The molecule has 2 aliphatic heterocycles. The van der Waals surface area contributed by atoms with Gasteiger partial charge in [0, 0.05) is 38.8 Å². The molecule has 3 rings (SSSR count). The summed E-state index contributed by atoms with van der Waals surface area (Å²) >= 11 is 3.72. The minimum atomic E-state index is 0.699. The van der Waals surface area contributed by atoms with Crippen LogP contribution in [-0.2, 0) is 20.0 Å². The molecule has 2 fully saturated rings. The Hall–Kier alpha value is -0.390. The number of aromatic nitrogens is 2. The molecule has 0 aliphatic carbocycles. The number of rotatable bonds is 3. The molecule has 19 heavy (non-hydrogen) atoms. The number of halogens is 1. The van der Waals surface area contributed by atoms with Crippen molar-refractivity contribution in [3.05, 3.63) is 15.9 Å². The van der Waals surface area contributed by atoms with Crippen LogP contribution in [0.4, 0.5) is 0 Å². The van der Waals surface area contributed by atoms with Crippen LogP contribution < -0.4 is 5.32 Å². The summed E-state index contributed by atoms with van der Waals surface area (Å²) in [5, 5.41) is 8.33. The Morgan fingerprint density at radius 2 is 2.11 bits per heavy atom. The van der Waals surface area contributed by atoms with Crippen molar-refractivity contribution in [2.24, 2.45) is 7.05 Å². The molecule has 2 aliphatic rings. The second kappa shape index (κ2) is 5.54. The van der Waals surface area contributed by atoms with E-state index < -0.39 is 0 Å². The molecule has 5 heteroatoms. The van der Waals surface area contributed by atoms with Crippen molar-refractivity contribution in [2.45, 2.75) is 51.2 Å². The Balaban J connectivity index is 1.72. The van der Waals surface area contributed by atoms with Gasteiger partial charge in [0.05, 0.1) is 15.9 Å². The first-order chi connectivity index (χ1) is 9.17. The predicted molar refractivity (Wildman–Crippen MR) is 80.1 cm³/mol. The summed E-state index contributed by atoms with van der Waals surface area (Å²) in [4.78, 5) is 2.58. The Labute approximate surface area is 123 Å². The first-order valence-corrected chi connectivity index (χ1v) is 8.15. The Morgan fingerprint density at radius 1 is 1.32 bits per heavy atom. The van der Waals surface area contributed by atoms with Gasteiger partial charge in [-0.1, -0.05) is 6.92 Å². The Bertz CT molecular complexity index is 457. The maximum Gasteiger partial charge on any atom is 0.0767 e. The lowest BCUT2D eigenvalue weighted by Crippen LogP contribution is -2.35. The Morgan fingerprint density at radius 3 is 2.84 bits per heavy atom. The first-order valence-electron chi connectivity index (χ1n) is 7.36. The van der Waals surface area contributed by atoms with Crippen LogP contribution in [0.2, 0.25) is 0 Å². The van der Waals surface area contributed by atoms with Gasteiger partial charge >= 0.3 is 0 Å². The van der Waals surface area contributed by atoms with Crippen molar-refractivity contribution < 1.29 is 0 Å². The molecule has 0 aromatic carbocycles. The van der Waals surface area contributed by atoms with E-state index in [9.17, 15) is 0 Å². The second-order valence-electron chi connectivity index (χ2n) is 5.85. The van der Waals surface area contributed by atoms with Gasteiger partial charge in [0.25, 0.3) is 0 Å². The van der Waals surface area contributed by atoms with Gasteiger partial charge in [-0.05, 0) is 41.6 Å². The third-order valence-corrected chi connectivity index (χ3v) is 5.40. The molecule has 1 N–H and O–H groups in total. The summed E-state index contributed by atoms with van der Waals surface area (Å²) in [5.74, 6) is 0. The second-order valence-corrected chi connectivity index (χ2v) is 6.64. The third-order valence-electron chi connectivity index (χ3n) is 4.48. The third kappa shape index (κ3) is 2.73. The fourth-order valence-electron chi connectivity index (χ4n) is 3.36. The topological polar surface area (TPSA) is 33.1 Å². The van der Waals surface area contributed by atoms with E-state index in [-0.39, 0.29) is 0 Å². The van der Waals surface area contributed by atoms with Crippen LogP contribution in [0.5, 0.6) is 0 Å². The Kier molecular flexibility index (Phi) is 3.96. The lowest BCUT2D eigenvalue weighted by molar-refractivity contribution is 0.244. The molecule has 1 aromatic heterocycles. The fourth-order valence-corrected chi connectivity index (χ4v) is 4.10. The minimum absolute atomic E-state index is 0.699. The molecule has 0 radical (unpaired) electrons.